The number of nitrogens with one attached hydrogen (secondary N) is 1. The number of hydrogen-bond donors (Lipinski definition) is 2. The third-order valence-corrected chi connectivity index (χ3v) is 3.06. The van der Waals surface area contributed by atoms with Crippen molar-refractivity contribution in [2.75, 3.05) is 0 Å². The van der Waals surface area contributed by atoms with Gasteiger partial charge in [0, 0.05) is 12.7 Å². The van der Waals surface area contributed by atoms with Crippen LogP contribution in [0.1, 0.15) is 30.6 Å². The fraction of sp³-hybridized carbons (Fsp3) is 0.333. The predicted molar refractivity (Wildman–Crippen MR) is 70.9 cm³/mol. The normalized spacial score (nSPS) is 12.6. The predicted octanol–water partition coefficient (Wildman–Crippen LogP) is 2.03. The number of nitrogens with two attached hydrogens (primary N) is 1. The maximum atomic E-state index is 13.3. The van der Waals surface area contributed by atoms with E-state index in [0.29, 0.717) is 22.8 Å². The van der Waals surface area contributed by atoms with E-state index in [4.69, 9.17) is 17.4 Å². The Morgan fingerprint density at radius 1 is 1.47 bits per heavy atom. The molecule has 0 aromatic carbocycles. The Kier molecular flexibility index (Phi) is 4.47. The van der Waals surface area contributed by atoms with Crippen LogP contribution in [-0.4, -0.2) is 14.8 Å². The van der Waals surface area contributed by atoms with Gasteiger partial charge in [-0.25, -0.2) is 9.82 Å². The lowest BCUT2D eigenvalue weighted by Crippen LogP contribution is -2.31. The van der Waals surface area contributed by atoms with Crippen molar-refractivity contribution in [2.24, 2.45) is 5.84 Å². The Bertz CT molecular complexity index is 557. The molecule has 102 valence electrons. The van der Waals surface area contributed by atoms with Crippen LogP contribution in [0.4, 0.5) is 4.39 Å². The zero-order valence-electron chi connectivity index (χ0n) is 10.5. The first-order chi connectivity index (χ1) is 9.17. The third kappa shape index (κ3) is 2.91. The van der Waals surface area contributed by atoms with Crippen LogP contribution in [0.2, 0.25) is 5.02 Å². The van der Waals surface area contributed by atoms with E-state index in [0.717, 1.165) is 12.6 Å². The molecule has 19 heavy (non-hydrogen) atoms. The monoisotopic (exact) mass is 283 g/mol. The van der Waals surface area contributed by atoms with Crippen molar-refractivity contribution in [3.63, 3.8) is 0 Å². The Morgan fingerprint density at radius 3 is 2.89 bits per heavy atom. The lowest BCUT2D eigenvalue weighted by molar-refractivity contribution is 0.517. The average Bonchev–Trinajstić information content (AvgIpc) is 2.74. The third-order valence-electron chi connectivity index (χ3n) is 2.77. The Hall–Kier alpha value is -1.50. The number of rotatable bonds is 5. The van der Waals surface area contributed by atoms with E-state index in [9.17, 15) is 4.39 Å². The minimum Gasteiger partial charge on any atom is -0.271 e. The summed E-state index contributed by atoms with van der Waals surface area (Å²) in [5.41, 5.74) is 3.94. The molecule has 0 aliphatic heterocycles. The van der Waals surface area contributed by atoms with E-state index < -0.39 is 11.9 Å². The molecule has 5 nitrogen and oxygen atoms in total. The highest BCUT2D eigenvalue weighted by atomic mass is 35.5. The van der Waals surface area contributed by atoms with Crippen LogP contribution in [0, 0.1) is 5.82 Å². The van der Waals surface area contributed by atoms with Crippen LogP contribution < -0.4 is 11.3 Å². The van der Waals surface area contributed by atoms with Gasteiger partial charge in [-0.15, -0.1) is 0 Å². The van der Waals surface area contributed by atoms with Crippen LogP contribution in [0.15, 0.2) is 24.7 Å². The van der Waals surface area contributed by atoms with E-state index >= 15 is 0 Å². The fourth-order valence-electron chi connectivity index (χ4n) is 1.97. The van der Waals surface area contributed by atoms with Crippen molar-refractivity contribution in [1.29, 1.82) is 0 Å². The second-order valence-electron chi connectivity index (χ2n) is 4.14. The standard InChI is InChI=1S/C12H15ClFN5/c1-2-3-19-12(10(13)7-17-19)11(18-15)8-4-9(14)6-16-5-8/h4-7,11,18H,2-3,15H2,1H3. The molecule has 1 unspecified atom stereocenters. The molecule has 0 radical (unpaired) electrons. The summed E-state index contributed by atoms with van der Waals surface area (Å²) >= 11 is 6.15. The number of aryl methyl sites for hydroxylation is 1. The lowest BCUT2D eigenvalue weighted by Gasteiger charge is -2.18. The average molecular weight is 284 g/mol. The van der Waals surface area contributed by atoms with Gasteiger partial charge in [-0.05, 0) is 18.1 Å². The molecule has 0 amide bonds. The Labute approximate surface area is 115 Å². The SMILES string of the molecule is CCCn1ncc(Cl)c1C(NN)c1cncc(F)c1. The molecule has 3 N–H and O–H groups in total. The summed E-state index contributed by atoms with van der Waals surface area (Å²) in [7, 11) is 0. The number of pyridine rings is 1. The zero-order chi connectivity index (χ0) is 13.8. The molecule has 2 heterocycles. The molecule has 0 aliphatic carbocycles. The first-order valence-corrected chi connectivity index (χ1v) is 6.33. The van der Waals surface area contributed by atoms with Gasteiger partial charge in [0.2, 0.25) is 0 Å². The van der Waals surface area contributed by atoms with Gasteiger partial charge in [0.05, 0.1) is 29.2 Å². The number of nitrogens with zero attached hydrogens (tertiary/aromatic N) is 3. The summed E-state index contributed by atoms with van der Waals surface area (Å²) in [6.07, 6.45) is 5.16. The highest BCUT2D eigenvalue weighted by Gasteiger charge is 2.21. The zero-order valence-corrected chi connectivity index (χ0v) is 11.2. The lowest BCUT2D eigenvalue weighted by atomic mass is 10.1. The molecule has 0 aliphatic rings. The molecule has 1 atom stereocenters. The summed E-state index contributed by atoms with van der Waals surface area (Å²) in [5.74, 6) is 5.16. The molecule has 2 aromatic rings. The van der Waals surface area contributed by atoms with Gasteiger partial charge in [-0.1, -0.05) is 18.5 Å². The molecule has 2 aromatic heterocycles. The first-order valence-electron chi connectivity index (χ1n) is 5.95. The topological polar surface area (TPSA) is 68.8 Å². The molecule has 0 spiro atoms. The van der Waals surface area contributed by atoms with Crippen molar-refractivity contribution in [2.45, 2.75) is 25.9 Å². The van der Waals surface area contributed by atoms with Gasteiger partial charge < -0.3 is 0 Å². The molecule has 0 bridgehead atoms. The molecule has 0 saturated carbocycles. The molecule has 0 saturated heterocycles. The fourth-order valence-corrected chi connectivity index (χ4v) is 2.22. The second-order valence-corrected chi connectivity index (χ2v) is 4.54. The quantitative estimate of drug-likeness (QED) is 0.651. The second kappa shape index (κ2) is 6.10. The maximum Gasteiger partial charge on any atom is 0.141 e. The smallest absolute Gasteiger partial charge is 0.141 e. The van der Waals surface area contributed by atoms with Crippen LogP contribution in [0.3, 0.4) is 0 Å². The minimum atomic E-state index is -0.454. The van der Waals surface area contributed by atoms with E-state index in [2.05, 4.69) is 15.5 Å². The van der Waals surface area contributed by atoms with Crippen LogP contribution in [0.5, 0.6) is 0 Å². The number of hydrazine groups is 1. The van der Waals surface area contributed by atoms with Gasteiger partial charge in [0.15, 0.2) is 0 Å². The highest BCUT2D eigenvalue weighted by Crippen LogP contribution is 2.27. The van der Waals surface area contributed by atoms with Crippen molar-refractivity contribution in [3.05, 3.63) is 46.8 Å². The highest BCUT2D eigenvalue weighted by molar-refractivity contribution is 6.31. The van der Waals surface area contributed by atoms with Gasteiger partial charge in [-0.3, -0.25) is 15.5 Å². The first kappa shape index (κ1) is 13.9. The van der Waals surface area contributed by atoms with Crippen LogP contribution >= 0.6 is 11.6 Å². The van der Waals surface area contributed by atoms with Gasteiger partial charge in [0.1, 0.15) is 5.82 Å². The molecule has 7 heteroatoms. The molecule has 0 fully saturated rings. The number of aromatic nitrogens is 3. The van der Waals surface area contributed by atoms with Crippen molar-refractivity contribution >= 4 is 11.6 Å². The summed E-state index contributed by atoms with van der Waals surface area (Å²) in [4.78, 5) is 3.82. The minimum absolute atomic E-state index is 0.421. The van der Waals surface area contributed by atoms with Gasteiger partial charge in [-0.2, -0.15) is 5.10 Å². The van der Waals surface area contributed by atoms with Gasteiger partial charge >= 0.3 is 0 Å². The molecular weight excluding hydrogens is 269 g/mol. The molecular formula is C12H15ClFN5. The summed E-state index contributed by atoms with van der Waals surface area (Å²) < 4.78 is 15.0. The van der Waals surface area contributed by atoms with Crippen LogP contribution in [0.25, 0.3) is 0 Å². The largest absolute Gasteiger partial charge is 0.271 e. The van der Waals surface area contributed by atoms with E-state index in [1.165, 1.54) is 6.07 Å². The molecule has 2 rings (SSSR count). The summed E-state index contributed by atoms with van der Waals surface area (Å²) in [6.45, 7) is 2.75. The van der Waals surface area contributed by atoms with E-state index in [1.807, 2.05) is 6.92 Å². The van der Waals surface area contributed by atoms with Gasteiger partial charge in [0.25, 0.3) is 0 Å². The van der Waals surface area contributed by atoms with Crippen molar-refractivity contribution in [1.82, 2.24) is 20.2 Å². The Balaban J connectivity index is 2.44. The number of halogens is 2. The van der Waals surface area contributed by atoms with E-state index in [1.54, 1.807) is 17.1 Å². The summed E-state index contributed by atoms with van der Waals surface area (Å²) in [5, 5.41) is 4.68. The van der Waals surface area contributed by atoms with Crippen molar-refractivity contribution in [3.8, 4) is 0 Å². The van der Waals surface area contributed by atoms with E-state index in [-0.39, 0.29) is 0 Å². The summed E-state index contributed by atoms with van der Waals surface area (Å²) in [6, 6.07) is 0.918. The maximum absolute atomic E-state index is 13.3. The van der Waals surface area contributed by atoms with Crippen LogP contribution in [-0.2, 0) is 6.54 Å². The number of hydrogen-bond acceptors (Lipinski definition) is 4. The van der Waals surface area contributed by atoms with Crippen molar-refractivity contribution < 1.29 is 4.39 Å². The Morgan fingerprint density at radius 2 is 2.26 bits per heavy atom.